The Balaban J connectivity index is 2.75. The van der Waals surface area contributed by atoms with Gasteiger partial charge in [0.05, 0.1) is 11.1 Å². The van der Waals surface area contributed by atoms with Gasteiger partial charge in [-0.15, -0.1) is 0 Å². The molecule has 12 heavy (non-hydrogen) atoms. The largest absolute Gasteiger partial charge is 0.446 e. The van der Waals surface area contributed by atoms with Crippen LogP contribution in [0.4, 0.5) is 19.0 Å². The number of aromatic amines is 1. The van der Waals surface area contributed by atoms with Gasteiger partial charge >= 0.3 is 5.51 Å². The minimum atomic E-state index is -4.27. The zero-order valence-corrected chi connectivity index (χ0v) is 6.88. The minimum Gasteiger partial charge on any atom is -0.373 e. The highest BCUT2D eigenvalue weighted by atomic mass is 32.2. The lowest BCUT2D eigenvalue weighted by Crippen LogP contribution is -2.00. The highest BCUT2D eigenvalue weighted by molar-refractivity contribution is 8.00. The van der Waals surface area contributed by atoms with E-state index in [0.29, 0.717) is 0 Å². The van der Waals surface area contributed by atoms with E-state index in [1.807, 2.05) is 0 Å². The van der Waals surface area contributed by atoms with Crippen LogP contribution in [-0.4, -0.2) is 22.8 Å². The van der Waals surface area contributed by atoms with Crippen molar-refractivity contribution < 1.29 is 13.2 Å². The number of nitrogens with zero attached hydrogens (tertiary/aromatic N) is 1. The van der Waals surface area contributed by atoms with Crippen LogP contribution in [0.2, 0.25) is 0 Å². The van der Waals surface area contributed by atoms with E-state index in [-0.39, 0.29) is 22.5 Å². The monoisotopic (exact) mass is 197 g/mol. The molecule has 0 atom stereocenters. The number of halogens is 3. The predicted molar refractivity (Wildman–Crippen MR) is 40.0 cm³/mol. The summed E-state index contributed by atoms with van der Waals surface area (Å²) in [6.07, 6.45) is 1.13. The lowest BCUT2D eigenvalue weighted by Gasteiger charge is -2.04. The standard InChI is InChI=1S/C5H6F3N3S/c1-9-4-3(2-10-11-4)12-5(6,7)8/h2H,1H3,(H2,9,10,11). The van der Waals surface area contributed by atoms with Gasteiger partial charge < -0.3 is 5.32 Å². The van der Waals surface area contributed by atoms with Gasteiger partial charge in [-0.3, -0.25) is 5.10 Å². The Morgan fingerprint density at radius 2 is 2.25 bits per heavy atom. The quantitative estimate of drug-likeness (QED) is 0.713. The van der Waals surface area contributed by atoms with Crippen molar-refractivity contribution in [3.63, 3.8) is 0 Å². The normalized spacial score (nSPS) is 11.7. The smallest absolute Gasteiger partial charge is 0.373 e. The maximum atomic E-state index is 11.8. The van der Waals surface area contributed by atoms with E-state index < -0.39 is 5.51 Å². The summed E-state index contributed by atoms with van der Waals surface area (Å²) in [5.74, 6) is 0.275. The second-order valence-corrected chi connectivity index (χ2v) is 3.01. The fourth-order valence-electron chi connectivity index (χ4n) is 0.656. The summed E-state index contributed by atoms with van der Waals surface area (Å²) in [6, 6.07) is 0. The van der Waals surface area contributed by atoms with Crippen molar-refractivity contribution in [2.45, 2.75) is 10.4 Å². The summed E-state index contributed by atoms with van der Waals surface area (Å²) in [7, 11) is 1.52. The number of rotatable bonds is 2. The van der Waals surface area contributed by atoms with Gasteiger partial charge in [-0.1, -0.05) is 0 Å². The molecule has 68 valence electrons. The van der Waals surface area contributed by atoms with Crippen molar-refractivity contribution in [3.05, 3.63) is 6.20 Å². The Bertz CT molecular complexity index is 257. The predicted octanol–water partition coefficient (Wildman–Crippen LogP) is 2.06. The van der Waals surface area contributed by atoms with Crippen LogP contribution in [0, 0.1) is 0 Å². The fraction of sp³-hybridized carbons (Fsp3) is 0.400. The van der Waals surface area contributed by atoms with Crippen molar-refractivity contribution in [3.8, 4) is 0 Å². The van der Waals surface area contributed by atoms with Crippen LogP contribution >= 0.6 is 11.8 Å². The average Bonchev–Trinajstić information content (AvgIpc) is 2.31. The van der Waals surface area contributed by atoms with Crippen LogP contribution in [0.3, 0.4) is 0 Å². The first-order valence-electron chi connectivity index (χ1n) is 3.00. The summed E-state index contributed by atoms with van der Waals surface area (Å²) in [6.45, 7) is 0. The molecule has 3 nitrogen and oxygen atoms in total. The Kier molecular flexibility index (Phi) is 2.51. The molecule has 0 aromatic carbocycles. The highest BCUT2D eigenvalue weighted by Gasteiger charge is 2.30. The molecular formula is C5H6F3N3S. The van der Waals surface area contributed by atoms with Crippen molar-refractivity contribution in [2.24, 2.45) is 0 Å². The molecule has 0 aliphatic rings. The summed E-state index contributed by atoms with van der Waals surface area (Å²) < 4.78 is 35.5. The molecule has 1 heterocycles. The van der Waals surface area contributed by atoms with Gasteiger partial charge in [-0.2, -0.15) is 18.3 Å². The molecule has 0 saturated heterocycles. The molecule has 0 saturated carbocycles. The molecule has 1 aromatic rings. The molecule has 1 aromatic heterocycles. The molecule has 0 spiro atoms. The maximum Gasteiger partial charge on any atom is 0.446 e. The van der Waals surface area contributed by atoms with Gasteiger partial charge in [0.25, 0.3) is 0 Å². The van der Waals surface area contributed by atoms with Crippen LogP contribution < -0.4 is 5.32 Å². The SMILES string of the molecule is CNc1[nH]ncc1SC(F)(F)F. The summed E-state index contributed by atoms with van der Waals surface area (Å²) in [4.78, 5) is 0.0463. The van der Waals surface area contributed by atoms with Crippen molar-refractivity contribution in [2.75, 3.05) is 12.4 Å². The Hall–Kier alpha value is -0.850. The minimum absolute atomic E-state index is 0.0463. The van der Waals surface area contributed by atoms with Gasteiger partial charge in [-0.25, -0.2) is 0 Å². The van der Waals surface area contributed by atoms with E-state index in [0.717, 1.165) is 6.20 Å². The molecule has 0 unspecified atom stereocenters. The second kappa shape index (κ2) is 3.26. The summed E-state index contributed by atoms with van der Waals surface area (Å²) >= 11 is -0.198. The zero-order chi connectivity index (χ0) is 9.19. The summed E-state index contributed by atoms with van der Waals surface area (Å²) in [5, 5.41) is 8.42. The van der Waals surface area contributed by atoms with Crippen molar-refractivity contribution in [1.29, 1.82) is 0 Å². The average molecular weight is 197 g/mol. The second-order valence-electron chi connectivity index (χ2n) is 1.91. The molecule has 0 bridgehead atoms. The Morgan fingerprint density at radius 3 is 2.75 bits per heavy atom. The third-order valence-corrected chi connectivity index (χ3v) is 1.84. The van der Waals surface area contributed by atoms with Gasteiger partial charge in [-0.05, 0) is 11.8 Å². The summed E-state index contributed by atoms with van der Waals surface area (Å²) in [5.41, 5.74) is -4.27. The van der Waals surface area contributed by atoms with E-state index in [9.17, 15) is 13.2 Å². The van der Waals surface area contributed by atoms with E-state index in [4.69, 9.17) is 0 Å². The Labute approximate surface area is 70.7 Å². The first kappa shape index (κ1) is 9.24. The van der Waals surface area contributed by atoms with E-state index in [1.165, 1.54) is 7.05 Å². The van der Waals surface area contributed by atoms with E-state index in [2.05, 4.69) is 15.5 Å². The number of hydrogen-bond acceptors (Lipinski definition) is 3. The van der Waals surface area contributed by atoms with Crippen molar-refractivity contribution >= 4 is 17.6 Å². The third kappa shape index (κ3) is 2.33. The Morgan fingerprint density at radius 1 is 1.58 bits per heavy atom. The van der Waals surface area contributed by atoms with Gasteiger partial charge in [0.2, 0.25) is 0 Å². The van der Waals surface area contributed by atoms with Crippen LogP contribution in [-0.2, 0) is 0 Å². The number of nitrogens with one attached hydrogen (secondary N) is 2. The molecule has 0 fully saturated rings. The van der Waals surface area contributed by atoms with E-state index in [1.54, 1.807) is 0 Å². The lowest BCUT2D eigenvalue weighted by atomic mass is 10.6. The zero-order valence-electron chi connectivity index (χ0n) is 6.07. The number of thioether (sulfide) groups is 1. The number of alkyl halides is 3. The molecule has 0 aliphatic heterocycles. The highest BCUT2D eigenvalue weighted by Crippen LogP contribution is 2.39. The molecular weight excluding hydrogens is 191 g/mol. The maximum absolute atomic E-state index is 11.8. The van der Waals surface area contributed by atoms with Crippen LogP contribution in [0.1, 0.15) is 0 Å². The first-order valence-corrected chi connectivity index (χ1v) is 3.81. The lowest BCUT2D eigenvalue weighted by molar-refractivity contribution is -0.0327. The topological polar surface area (TPSA) is 40.7 Å². The molecule has 0 amide bonds. The number of aromatic nitrogens is 2. The fourth-order valence-corrected chi connectivity index (χ4v) is 1.26. The first-order chi connectivity index (χ1) is 5.53. The van der Waals surface area contributed by atoms with Crippen LogP contribution in [0.25, 0.3) is 0 Å². The van der Waals surface area contributed by atoms with Gasteiger partial charge in [0.15, 0.2) is 0 Å². The van der Waals surface area contributed by atoms with E-state index >= 15 is 0 Å². The van der Waals surface area contributed by atoms with Gasteiger partial charge in [0.1, 0.15) is 5.82 Å². The van der Waals surface area contributed by atoms with Crippen LogP contribution in [0.5, 0.6) is 0 Å². The number of H-pyrrole nitrogens is 1. The van der Waals surface area contributed by atoms with Gasteiger partial charge in [0, 0.05) is 7.05 Å². The molecule has 2 N–H and O–H groups in total. The molecule has 0 aliphatic carbocycles. The van der Waals surface area contributed by atoms with Crippen molar-refractivity contribution in [1.82, 2.24) is 10.2 Å². The number of anilines is 1. The number of hydrogen-bond donors (Lipinski definition) is 2. The third-order valence-electron chi connectivity index (χ3n) is 1.08. The molecule has 0 radical (unpaired) electrons. The molecule has 1 rings (SSSR count). The molecule has 7 heteroatoms. The van der Waals surface area contributed by atoms with Crippen LogP contribution in [0.15, 0.2) is 11.1 Å².